The van der Waals surface area contributed by atoms with E-state index >= 15 is 0 Å². The molecular formula is C31H53NO10. The molecule has 7 atom stereocenters. The Labute approximate surface area is 250 Å². The number of amides is 1. The molecular weight excluding hydrogens is 546 g/mol. The normalized spacial score (nSPS) is 28.3. The van der Waals surface area contributed by atoms with Crippen molar-refractivity contribution in [1.82, 2.24) is 4.90 Å². The quantitative estimate of drug-likeness (QED) is 0.0569. The number of hydrogen-bond acceptors (Lipinski definition) is 10. The maximum Gasteiger partial charge on any atom is 0.302 e. The van der Waals surface area contributed by atoms with Crippen molar-refractivity contribution in [3.8, 4) is 0 Å². The number of ether oxygens (including phenoxy) is 3. The van der Waals surface area contributed by atoms with E-state index in [2.05, 4.69) is 0 Å². The molecule has 0 radical (unpaired) electrons. The van der Waals surface area contributed by atoms with Gasteiger partial charge in [0, 0.05) is 26.5 Å². The van der Waals surface area contributed by atoms with Gasteiger partial charge in [0.15, 0.2) is 12.1 Å². The maximum absolute atomic E-state index is 12.3. The Hall–Kier alpha value is -2.05. The molecule has 2 heterocycles. The largest absolute Gasteiger partial charge is 0.511 e. The van der Waals surface area contributed by atoms with Gasteiger partial charge in [-0.15, -0.1) is 0 Å². The van der Waals surface area contributed by atoms with Crippen LogP contribution in [0, 0.1) is 5.92 Å². The van der Waals surface area contributed by atoms with E-state index in [9.17, 15) is 34.8 Å². The second-order valence-electron chi connectivity index (χ2n) is 11.8. The first-order chi connectivity index (χ1) is 20.0. The number of aliphatic hydroxyl groups is 4. The summed E-state index contributed by atoms with van der Waals surface area (Å²) in [6.07, 6.45) is 7.66. The van der Waals surface area contributed by atoms with Crippen molar-refractivity contribution in [3.63, 3.8) is 0 Å². The maximum atomic E-state index is 12.3. The molecule has 42 heavy (non-hydrogen) atoms. The molecule has 2 fully saturated rings. The minimum atomic E-state index is -1.44. The number of esters is 1. The number of aliphatic hydroxyl groups excluding tert-OH is 4. The fourth-order valence-electron chi connectivity index (χ4n) is 5.37. The molecule has 2 saturated heterocycles. The van der Waals surface area contributed by atoms with Crippen molar-refractivity contribution in [2.24, 2.45) is 5.92 Å². The number of unbranched alkanes of at least 4 members (excludes halogenated alkanes) is 11. The third-order valence-electron chi connectivity index (χ3n) is 8.40. The molecule has 2 unspecified atom stereocenters. The average Bonchev–Trinajstić information content (AvgIpc) is 3.15. The topological polar surface area (TPSA) is 163 Å². The predicted octanol–water partition coefficient (Wildman–Crippen LogP) is 3.32. The Kier molecular flexibility index (Phi) is 16.0. The third kappa shape index (κ3) is 10.9. The zero-order valence-electron chi connectivity index (χ0n) is 25.8. The number of Topliss-reactive ketones (excluding diaryl/α,β-unsaturated/α-hetero) is 1. The second-order valence-corrected chi connectivity index (χ2v) is 11.8. The summed E-state index contributed by atoms with van der Waals surface area (Å²) in [5.41, 5.74) is -0.0331. The SMILES string of the molecule is CC(=O)OC[C@H]1O[C@@H](OCCCCCCCCCCCCCCC(C)/C(O)=C2\C(=O)C(C)N(C)C2=O)[C@@H](O)[C@@H](O)[C@@H]1O. The predicted molar refractivity (Wildman–Crippen MR) is 155 cm³/mol. The Morgan fingerprint density at radius 2 is 1.40 bits per heavy atom. The van der Waals surface area contributed by atoms with Crippen molar-refractivity contribution < 1.29 is 49.0 Å². The van der Waals surface area contributed by atoms with Gasteiger partial charge in [-0.3, -0.25) is 14.4 Å². The van der Waals surface area contributed by atoms with E-state index in [1.165, 1.54) is 43.9 Å². The average molecular weight is 600 g/mol. The number of carbonyl (C=O) groups excluding carboxylic acids is 3. The number of allylic oxidation sites excluding steroid dienone is 1. The van der Waals surface area contributed by atoms with Gasteiger partial charge in [0.25, 0.3) is 5.91 Å². The highest BCUT2D eigenvalue weighted by atomic mass is 16.7. The lowest BCUT2D eigenvalue weighted by molar-refractivity contribution is -0.301. The van der Waals surface area contributed by atoms with Gasteiger partial charge in [-0.1, -0.05) is 77.6 Å². The van der Waals surface area contributed by atoms with Gasteiger partial charge in [0.05, 0.1) is 6.04 Å². The van der Waals surface area contributed by atoms with E-state index < -0.39 is 42.7 Å². The zero-order chi connectivity index (χ0) is 31.2. The molecule has 2 aliphatic rings. The fourth-order valence-corrected chi connectivity index (χ4v) is 5.37. The monoisotopic (exact) mass is 599 g/mol. The number of ketones is 1. The summed E-state index contributed by atoms with van der Waals surface area (Å²) in [7, 11) is 1.59. The Morgan fingerprint density at radius 1 is 0.881 bits per heavy atom. The van der Waals surface area contributed by atoms with Crippen molar-refractivity contribution in [1.29, 1.82) is 0 Å². The van der Waals surface area contributed by atoms with Crippen LogP contribution in [0.1, 0.15) is 104 Å². The molecule has 0 saturated carbocycles. The minimum Gasteiger partial charge on any atom is -0.511 e. The summed E-state index contributed by atoms with van der Waals surface area (Å²) in [6, 6.07) is -0.510. The van der Waals surface area contributed by atoms with Gasteiger partial charge < -0.3 is 39.5 Å². The molecule has 4 N–H and O–H groups in total. The van der Waals surface area contributed by atoms with E-state index in [4.69, 9.17) is 14.2 Å². The summed E-state index contributed by atoms with van der Waals surface area (Å²) in [4.78, 5) is 36.9. The first kappa shape index (κ1) is 36.1. The number of rotatable bonds is 19. The van der Waals surface area contributed by atoms with Crippen molar-refractivity contribution in [2.75, 3.05) is 20.3 Å². The summed E-state index contributed by atoms with van der Waals surface area (Å²) in [5, 5.41) is 40.6. The third-order valence-corrected chi connectivity index (χ3v) is 8.40. The molecule has 0 bridgehead atoms. The van der Waals surface area contributed by atoms with Crippen LogP contribution in [0.5, 0.6) is 0 Å². The molecule has 0 aromatic rings. The van der Waals surface area contributed by atoms with Crippen LogP contribution < -0.4 is 0 Å². The second kappa shape index (κ2) is 18.6. The molecule has 0 aromatic heterocycles. The van der Waals surface area contributed by atoms with Crippen LogP contribution in [0.4, 0.5) is 0 Å². The van der Waals surface area contributed by atoms with Gasteiger partial charge in [-0.25, -0.2) is 0 Å². The lowest BCUT2D eigenvalue weighted by Gasteiger charge is -2.39. The number of likely N-dealkylation sites (N-methyl/N-ethyl adjacent to an activating group) is 1. The van der Waals surface area contributed by atoms with Crippen LogP contribution in [-0.2, 0) is 28.6 Å². The van der Waals surface area contributed by atoms with Crippen LogP contribution in [0.2, 0.25) is 0 Å². The number of carbonyl (C=O) groups is 3. The fraction of sp³-hybridized carbons (Fsp3) is 0.839. The molecule has 11 heteroatoms. The van der Waals surface area contributed by atoms with Crippen LogP contribution in [0.25, 0.3) is 0 Å². The van der Waals surface area contributed by atoms with Crippen molar-refractivity contribution >= 4 is 17.7 Å². The number of nitrogens with zero attached hydrogens (tertiary/aromatic N) is 1. The summed E-state index contributed by atoms with van der Waals surface area (Å²) in [5.74, 6) is -1.45. The molecule has 0 spiro atoms. The first-order valence-corrected chi connectivity index (χ1v) is 15.7. The zero-order valence-corrected chi connectivity index (χ0v) is 25.8. The van der Waals surface area contributed by atoms with Gasteiger partial charge in [-0.2, -0.15) is 0 Å². The van der Waals surface area contributed by atoms with Gasteiger partial charge >= 0.3 is 5.97 Å². The summed E-state index contributed by atoms with van der Waals surface area (Å²) >= 11 is 0. The highest BCUT2D eigenvalue weighted by molar-refractivity contribution is 6.26. The highest BCUT2D eigenvalue weighted by Gasteiger charge is 2.44. The number of hydrogen-bond donors (Lipinski definition) is 4. The Bertz CT molecular complexity index is 871. The van der Waals surface area contributed by atoms with E-state index in [1.807, 2.05) is 6.92 Å². The number of likely N-dealkylation sites (tertiary alicyclic amines) is 1. The summed E-state index contributed by atoms with van der Waals surface area (Å²) in [6.45, 7) is 4.92. The Morgan fingerprint density at radius 3 is 1.90 bits per heavy atom. The molecule has 0 aliphatic carbocycles. The van der Waals surface area contributed by atoms with E-state index in [-0.39, 0.29) is 35.5 Å². The minimum absolute atomic E-state index is 0.0331. The lowest BCUT2D eigenvalue weighted by atomic mass is 9.95. The van der Waals surface area contributed by atoms with Crippen LogP contribution in [0.3, 0.4) is 0 Å². The molecule has 0 aromatic carbocycles. The molecule has 2 rings (SSSR count). The van der Waals surface area contributed by atoms with E-state index in [0.29, 0.717) is 6.61 Å². The van der Waals surface area contributed by atoms with Crippen molar-refractivity contribution in [3.05, 3.63) is 11.3 Å². The first-order valence-electron chi connectivity index (χ1n) is 15.7. The smallest absolute Gasteiger partial charge is 0.302 e. The molecule has 2 aliphatic heterocycles. The van der Waals surface area contributed by atoms with Gasteiger partial charge in [0.1, 0.15) is 42.4 Å². The highest BCUT2D eigenvalue weighted by Crippen LogP contribution is 2.27. The van der Waals surface area contributed by atoms with Crippen LogP contribution >= 0.6 is 0 Å². The molecule has 1 amide bonds. The summed E-state index contributed by atoms with van der Waals surface area (Å²) < 4.78 is 15.9. The lowest BCUT2D eigenvalue weighted by Crippen LogP contribution is -2.59. The molecule has 11 nitrogen and oxygen atoms in total. The van der Waals surface area contributed by atoms with Gasteiger partial charge in [0.2, 0.25) is 0 Å². The van der Waals surface area contributed by atoms with Crippen LogP contribution in [-0.4, -0.2) is 100.0 Å². The van der Waals surface area contributed by atoms with Gasteiger partial charge in [-0.05, 0) is 19.8 Å². The van der Waals surface area contributed by atoms with E-state index in [1.54, 1.807) is 14.0 Å². The van der Waals surface area contributed by atoms with Crippen LogP contribution in [0.15, 0.2) is 11.3 Å². The van der Waals surface area contributed by atoms with Crippen molar-refractivity contribution in [2.45, 2.75) is 141 Å². The standard InChI is InChI=1S/C31H53NO10/c1-20(25(34)24-26(35)21(2)32(4)30(24)39)17-15-13-11-9-7-5-6-8-10-12-14-16-18-40-31-29(38)28(37)27(36)23(42-31)19-41-22(3)33/h20-21,23,27-29,31,34,36-38H,5-19H2,1-4H3/b25-24-/t20?,21?,23-,27-,28+,29+,31-/m1/s1. The Balaban J connectivity index is 1.44. The molecule has 242 valence electrons. The van der Waals surface area contributed by atoms with E-state index in [0.717, 1.165) is 51.4 Å².